The summed E-state index contributed by atoms with van der Waals surface area (Å²) in [6, 6.07) is 8.24. The Hall–Kier alpha value is -1.88. The zero-order valence-electron chi connectivity index (χ0n) is 15.0. The van der Waals surface area contributed by atoms with E-state index in [4.69, 9.17) is 0 Å². The van der Waals surface area contributed by atoms with E-state index in [1.54, 1.807) is 26.0 Å². The average Bonchev–Trinajstić information content (AvgIpc) is 2.48. The third-order valence-corrected chi connectivity index (χ3v) is 3.65. The summed E-state index contributed by atoms with van der Waals surface area (Å²) in [5.74, 6) is 0.0577. The minimum atomic E-state index is 0.000811. The molecule has 128 valence electrons. The monoisotopic (exact) mass is 319 g/mol. The second-order valence-corrected chi connectivity index (χ2v) is 6.26. The molecule has 0 N–H and O–H groups in total. The Bertz CT molecular complexity index is 512. The van der Waals surface area contributed by atoms with E-state index in [0.29, 0.717) is 6.54 Å². The summed E-state index contributed by atoms with van der Waals surface area (Å²) in [4.78, 5) is 29.4. The number of nitrogens with zero attached hydrogens (tertiary/aromatic N) is 3. The highest BCUT2D eigenvalue weighted by Crippen LogP contribution is 2.08. The molecule has 0 aliphatic heterocycles. The molecule has 5 heteroatoms. The third-order valence-electron chi connectivity index (χ3n) is 3.65. The number of amides is 2. The van der Waals surface area contributed by atoms with Gasteiger partial charge in [0, 0.05) is 27.2 Å². The van der Waals surface area contributed by atoms with Crippen molar-refractivity contribution < 1.29 is 9.59 Å². The fourth-order valence-corrected chi connectivity index (χ4v) is 2.23. The van der Waals surface area contributed by atoms with Gasteiger partial charge in [0.1, 0.15) is 0 Å². The van der Waals surface area contributed by atoms with Gasteiger partial charge in [-0.3, -0.25) is 14.5 Å². The van der Waals surface area contributed by atoms with Gasteiger partial charge in [-0.15, -0.1) is 0 Å². The first-order valence-corrected chi connectivity index (χ1v) is 8.05. The van der Waals surface area contributed by atoms with E-state index in [2.05, 4.69) is 38.1 Å². The Morgan fingerprint density at radius 2 is 1.52 bits per heavy atom. The highest BCUT2D eigenvalue weighted by Gasteiger charge is 2.17. The molecule has 0 saturated heterocycles. The maximum atomic E-state index is 12.5. The molecule has 0 aliphatic carbocycles. The molecule has 0 atom stereocenters. The fraction of sp³-hybridized carbons (Fsp3) is 0.556. The van der Waals surface area contributed by atoms with Crippen LogP contribution >= 0.6 is 0 Å². The molecule has 5 nitrogen and oxygen atoms in total. The van der Waals surface area contributed by atoms with Crippen LogP contribution in [0.2, 0.25) is 0 Å². The lowest BCUT2D eigenvalue weighted by Gasteiger charge is -2.25. The van der Waals surface area contributed by atoms with Crippen molar-refractivity contribution >= 4 is 11.8 Å². The van der Waals surface area contributed by atoms with Gasteiger partial charge in [0.25, 0.3) is 0 Å². The first kappa shape index (κ1) is 19.2. The largest absolute Gasteiger partial charge is 0.348 e. The molecule has 1 aromatic rings. The quantitative estimate of drug-likeness (QED) is 0.733. The van der Waals surface area contributed by atoms with Gasteiger partial charge < -0.3 is 9.80 Å². The molecule has 0 bridgehead atoms. The molecule has 0 unspecified atom stereocenters. The molecular weight excluding hydrogens is 290 g/mol. The van der Waals surface area contributed by atoms with Gasteiger partial charge in [-0.25, -0.2) is 0 Å². The van der Waals surface area contributed by atoms with E-state index in [9.17, 15) is 9.59 Å². The van der Waals surface area contributed by atoms with Crippen molar-refractivity contribution in [2.45, 2.75) is 26.8 Å². The van der Waals surface area contributed by atoms with E-state index in [1.165, 1.54) is 10.5 Å². The third kappa shape index (κ3) is 6.82. The molecule has 0 spiro atoms. The zero-order valence-corrected chi connectivity index (χ0v) is 15.0. The van der Waals surface area contributed by atoms with Crippen LogP contribution in [0.15, 0.2) is 24.3 Å². The Balaban J connectivity index is 2.63. The van der Waals surface area contributed by atoms with Crippen LogP contribution in [0.4, 0.5) is 0 Å². The summed E-state index contributed by atoms with van der Waals surface area (Å²) < 4.78 is 0. The van der Waals surface area contributed by atoms with E-state index in [-0.39, 0.29) is 24.9 Å². The number of benzene rings is 1. The van der Waals surface area contributed by atoms with Crippen molar-refractivity contribution in [3.8, 4) is 0 Å². The van der Waals surface area contributed by atoms with Crippen LogP contribution in [0.5, 0.6) is 0 Å². The lowest BCUT2D eigenvalue weighted by molar-refractivity contribution is -0.134. The predicted molar refractivity (Wildman–Crippen MR) is 93.1 cm³/mol. The van der Waals surface area contributed by atoms with Crippen molar-refractivity contribution in [1.82, 2.24) is 14.7 Å². The molecule has 1 rings (SSSR count). The van der Waals surface area contributed by atoms with Gasteiger partial charge in [0.05, 0.1) is 13.1 Å². The Labute approximate surface area is 139 Å². The summed E-state index contributed by atoms with van der Waals surface area (Å²) in [6.07, 6.45) is 0.915. The fourth-order valence-electron chi connectivity index (χ4n) is 2.23. The lowest BCUT2D eigenvalue weighted by atomic mass is 10.1. The maximum absolute atomic E-state index is 12.5. The number of aryl methyl sites for hydroxylation is 1. The highest BCUT2D eigenvalue weighted by molar-refractivity contribution is 5.81. The summed E-state index contributed by atoms with van der Waals surface area (Å²) in [7, 11) is 5.24. The molecule has 23 heavy (non-hydrogen) atoms. The molecule has 0 aromatic heterocycles. The number of carbonyl (C=O) groups is 2. The molecule has 0 radical (unpaired) electrons. The van der Waals surface area contributed by atoms with E-state index >= 15 is 0 Å². The normalized spacial score (nSPS) is 10.7. The minimum absolute atomic E-state index is 0.000811. The van der Waals surface area contributed by atoms with E-state index in [1.807, 2.05) is 4.90 Å². The van der Waals surface area contributed by atoms with Crippen molar-refractivity contribution in [2.75, 3.05) is 40.8 Å². The number of likely N-dealkylation sites (N-methyl/N-ethyl adjacent to an activating group) is 2. The van der Waals surface area contributed by atoms with Gasteiger partial charge in [-0.05, 0) is 26.0 Å². The summed E-state index contributed by atoms with van der Waals surface area (Å²) >= 11 is 0. The number of rotatable bonds is 8. The van der Waals surface area contributed by atoms with Crippen molar-refractivity contribution in [3.05, 3.63) is 35.4 Å². The number of hydrogen-bond acceptors (Lipinski definition) is 3. The van der Waals surface area contributed by atoms with E-state index < -0.39 is 0 Å². The molecule has 1 aromatic carbocycles. The topological polar surface area (TPSA) is 43.9 Å². The van der Waals surface area contributed by atoms with Gasteiger partial charge in [-0.1, -0.05) is 36.8 Å². The highest BCUT2D eigenvalue weighted by atomic mass is 16.2. The predicted octanol–water partition coefficient (Wildman–Crippen LogP) is 1.75. The molecule has 0 aliphatic rings. The van der Waals surface area contributed by atoms with Crippen LogP contribution in [0.25, 0.3) is 0 Å². The average molecular weight is 319 g/mol. The smallest absolute Gasteiger partial charge is 0.237 e. The maximum Gasteiger partial charge on any atom is 0.237 e. The van der Waals surface area contributed by atoms with Crippen LogP contribution in [-0.2, 0) is 16.1 Å². The number of hydrogen-bond donors (Lipinski definition) is 0. The Kier molecular flexibility index (Phi) is 7.75. The molecule has 0 fully saturated rings. The van der Waals surface area contributed by atoms with Crippen molar-refractivity contribution in [1.29, 1.82) is 0 Å². The zero-order chi connectivity index (χ0) is 17.4. The first-order chi connectivity index (χ1) is 10.8. The Morgan fingerprint density at radius 1 is 0.957 bits per heavy atom. The Morgan fingerprint density at radius 3 is 2.04 bits per heavy atom. The van der Waals surface area contributed by atoms with E-state index in [0.717, 1.165) is 18.5 Å². The van der Waals surface area contributed by atoms with Crippen LogP contribution in [-0.4, -0.2) is 67.3 Å². The SMILES string of the molecule is CCCN(Cc1ccc(C)cc1)C(=O)CN(C)CC(=O)N(C)C. The van der Waals surface area contributed by atoms with Gasteiger partial charge in [-0.2, -0.15) is 0 Å². The summed E-state index contributed by atoms with van der Waals surface area (Å²) in [5.41, 5.74) is 2.34. The lowest BCUT2D eigenvalue weighted by Crippen LogP contribution is -2.42. The molecule has 2 amide bonds. The second-order valence-electron chi connectivity index (χ2n) is 6.26. The summed E-state index contributed by atoms with van der Waals surface area (Å²) in [6.45, 7) is 5.96. The standard InChI is InChI=1S/C18H29N3O2/c1-6-11-21(12-16-9-7-15(2)8-10-16)18(23)14-20(5)13-17(22)19(3)4/h7-10H,6,11-14H2,1-5H3. The van der Waals surface area contributed by atoms with Gasteiger partial charge >= 0.3 is 0 Å². The van der Waals surface area contributed by atoms with Crippen LogP contribution in [0.3, 0.4) is 0 Å². The second kappa shape index (κ2) is 9.30. The van der Waals surface area contributed by atoms with Crippen molar-refractivity contribution in [3.63, 3.8) is 0 Å². The minimum Gasteiger partial charge on any atom is -0.348 e. The molecular formula is C18H29N3O2. The molecule has 0 heterocycles. The van der Waals surface area contributed by atoms with Gasteiger partial charge in [0.2, 0.25) is 11.8 Å². The van der Waals surface area contributed by atoms with Crippen molar-refractivity contribution in [2.24, 2.45) is 0 Å². The number of carbonyl (C=O) groups excluding carboxylic acids is 2. The van der Waals surface area contributed by atoms with Crippen LogP contribution in [0.1, 0.15) is 24.5 Å². The van der Waals surface area contributed by atoms with Crippen LogP contribution < -0.4 is 0 Å². The first-order valence-electron chi connectivity index (χ1n) is 8.05. The molecule has 0 saturated carbocycles. The summed E-state index contributed by atoms with van der Waals surface area (Å²) in [5, 5.41) is 0. The van der Waals surface area contributed by atoms with Gasteiger partial charge in [0.15, 0.2) is 0 Å². The van der Waals surface area contributed by atoms with Crippen LogP contribution in [0, 0.1) is 6.92 Å².